The zero-order chi connectivity index (χ0) is 14.4. The van der Waals surface area contributed by atoms with E-state index in [-0.39, 0.29) is 12.4 Å². The molecule has 0 aliphatic carbocycles. The SMILES string of the molecule is CCC(C(=O)O)N(C)C(=O)COc1cccc(F)c1. The number of benzene rings is 1. The summed E-state index contributed by atoms with van der Waals surface area (Å²) in [5.41, 5.74) is 0. The minimum absolute atomic E-state index is 0.227. The Morgan fingerprint density at radius 1 is 1.47 bits per heavy atom. The molecule has 1 unspecified atom stereocenters. The van der Waals surface area contributed by atoms with E-state index >= 15 is 0 Å². The molecule has 0 aliphatic rings. The maximum absolute atomic E-state index is 12.9. The van der Waals surface area contributed by atoms with Gasteiger partial charge in [-0.2, -0.15) is 0 Å². The molecular formula is C13H16FNO4. The third-order valence-electron chi connectivity index (χ3n) is 2.69. The van der Waals surface area contributed by atoms with Gasteiger partial charge in [-0.25, -0.2) is 9.18 Å². The van der Waals surface area contributed by atoms with Gasteiger partial charge in [-0.3, -0.25) is 4.79 Å². The van der Waals surface area contributed by atoms with Gasteiger partial charge in [0.15, 0.2) is 6.61 Å². The molecule has 6 heteroatoms. The predicted molar refractivity (Wildman–Crippen MR) is 66.4 cm³/mol. The summed E-state index contributed by atoms with van der Waals surface area (Å²) in [6.45, 7) is 1.35. The van der Waals surface area contributed by atoms with E-state index in [4.69, 9.17) is 9.84 Å². The number of carbonyl (C=O) groups excluding carboxylic acids is 1. The molecule has 1 N–H and O–H groups in total. The first-order chi connectivity index (χ1) is 8.95. The Hall–Kier alpha value is -2.11. The average Bonchev–Trinajstić information content (AvgIpc) is 2.36. The Balaban J connectivity index is 2.57. The quantitative estimate of drug-likeness (QED) is 0.850. The molecular weight excluding hydrogens is 253 g/mol. The minimum atomic E-state index is -1.07. The zero-order valence-corrected chi connectivity index (χ0v) is 10.8. The smallest absolute Gasteiger partial charge is 0.326 e. The molecule has 0 spiro atoms. The van der Waals surface area contributed by atoms with E-state index in [2.05, 4.69) is 0 Å². The number of carboxylic acid groups (broad SMARTS) is 1. The van der Waals surface area contributed by atoms with Crippen molar-refractivity contribution >= 4 is 11.9 Å². The van der Waals surface area contributed by atoms with Crippen LogP contribution in [0.2, 0.25) is 0 Å². The third kappa shape index (κ3) is 4.24. The Kier molecular flexibility index (Phi) is 5.29. The molecule has 1 atom stereocenters. The lowest BCUT2D eigenvalue weighted by molar-refractivity contribution is -0.149. The number of nitrogens with zero attached hydrogens (tertiary/aromatic N) is 1. The van der Waals surface area contributed by atoms with Crippen molar-refractivity contribution in [1.82, 2.24) is 4.90 Å². The van der Waals surface area contributed by atoms with Crippen LogP contribution in [0.4, 0.5) is 4.39 Å². The highest BCUT2D eigenvalue weighted by Gasteiger charge is 2.24. The lowest BCUT2D eigenvalue weighted by Crippen LogP contribution is -2.44. The second-order valence-corrected chi connectivity index (χ2v) is 4.01. The Bertz CT molecular complexity index is 464. The summed E-state index contributed by atoms with van der Waals surface area (Å²) in [5, 5.41) is 8.93. The van der Waals surface area contributed by atoms with Crippen molar-refractivity contribution in [2.45, 2.75) is 19.4 Å². The normalized spacial score (nSPS) is 11.7. The largest absolute Gasteiger partial charge is 0.484 e. The highest BCUT2D eigenvalue weighted by atomic mass is 19.1. The van der Waals surface area contributed by atoms with Gasteiger partial charge in [-0.05, 0) is 18.6 Å². The second-order valence-electron chi connectivity index (χ2n) is 4.01. The maximum atomic E-state index is 12.9. The van der Waals surface area contributed by atoms with Crippen molar-refractivity contribution < 1.29 is 23.8 Å². The van der Waals surface area contributed by atoms with Crippen LogP contribution in [-0.4, -0.2) is 41.6 Å². The van der Waals surface area contributed by atoms with Gasteiger partial charge < -0.3 is 14.7 Å². The Morgan fingerprint density at radius 3 is 2.68 bits per heavy atom. The summed E-state index contributed by atoms with van der Waals surface area (Å²) in [6.07, 6.45) is 0.303. The fraction of sp³-hybridized carbons (Fsp3) is 0.385. The highest BCUT2D eigenvalue weighted by Crippen LogP contribution is 2.12. The summed E-state index contributed by atoms with van der Waals surface area (Å²) in [6, 6.07) is 4.51. The molecule has 19 heavy (non-hydrogen) atoms. The van der Waals surface area contributed by atoms with Crippen LogP contribution in [0.25, 0.3) is 0 Å². The number of amides is 1. The van der Waals surface area contributed by atoms with Gasteiger partial charge in [0.2, 0.25) is 0 Å². The van der Waals surface area contributed by atoms with Crippen LogP contribution in [0.5, 0.6) is 5.75 Å². The van der Waals surface area contributed by atoms with E-state index in [0.29, 0.717) is 6.42 Å². The van der Waals surface area contributed by atoms with Crippen LogP contribution in [-0.2, 0) is 9.59 Å². The number of carboxylic acids is 1. The lowest BCUT2D eigenvalue weighted by atomic mass is 10.2. The second kappa shape index (κ2) is 6.72. The molecule has 0 aliphatic heterocycles. The fourth-order valence-electron chi connectivity index (χ4n) is 1.59. The molecule has 1 aromatic carbocycles. The monoisotopic (exact) mass is 269 g/mol. The summed E-state index contributed by atoms with van der Waals surface area (Å²) < 4.78 is 18.0. The van der Waals surface area contributed by atoms with E-state index in [1.807, 2.05) is 0 Å². The fourth-order valence-corrected chi connectivity index (χ4v) is 1.59. The molecule has 0 bridgehead atoms. The first-order valence-electron chi connectivity index (χ1n) is 5.82. The molecule has 104 valence electrons. The summed E-state index contributed by atoms with van der Waals surface area (Å²) in [5.74, 6) is -1.77. The van der Waals surface area contributed by atoms with Crippen molar-refractivity contribution in [3.63, 3.8) is 0 Å². The van der Waals surface area contributed by atoms with Gasteiger partial charge in [0.1, 0.15) is 17.6 Å². The third-order valence-corrected chi connectivity index (χ3v) is 2.69. The van der Waals surface area contributed by atoms with Crippen LogP contribution < -0.4 is 4.74 Å². The van der Waals surface area contributed by atoms with E-state index in [9.17, 15) is 14.0 Å². The van der Waals surface area contributed by atoms with Crippen molar-refractivity contribution in [3.8, 4) is 5.75 Å². The van der Waals surface area contributed by atoms with Crippen LogP contribution in [0, 0.1) is 5.82 Å². The van der Waals surface area contributed by atoms with Gasteiger partial charge in [0, 0.05) is 13.1 Å². The Morgan fingerprint density at radius 2 is 2.16 bits per heavy atom. The van der Waals surface area contributed by atoms with E-state index in [0.717, 1.165) is 11.0 Å². The van der Waals surface area contributed by atoms with Gasteiger partial charge in [-0.15, -0.1) is 0 Å². The number of likely N-dealkylation sites (N-methyl/N-ethyl adjacent to an activating group) is 1. The topological polar surface area (TPSA) is 66.8 Å². The van der Waals surface area contributed by atoms with Gasteiger partial charge in [0.05, 0.1) is 0 Å². The number of halogens is 1. The molecule has 0 heterocycles. The number of aliphatic carboxylic acids is 1. The van der Waals surface area contributed by atoms with Gasteiger partial charge in [-0.1, -0.05) is 13.0 Å². The molecule has 0 fully saturated rings. The lowest BCUT2D eigenvalue weighted by Gasteiger charge is -2.23. The zero-order valence-electron chi connectivity index (χ0n) is 10.8. The standard InChI is InChI=1S/C13H16FNO4/c1-3-11(13(17)18)15(2)12(16)8-19-10-6-4-5-9(14)7-10/h4-7,11H,3,8H2,1-2H3,(H,17,18). The van der Waals surface area contributed by atoms with Crippen molar-refractivity contribution in [1.29, 1.82) is 0 Å². The van der Waals surface area contributed by atoms with Crippen LogP contribution in [0.3, 0.4) is 0 Å². The van der Waals surface area contributed by atoms with Crippen molar-refractivity contribution in [2.75, 3.05) is 13.7 Å². The van der Waals surface area contributed by atoms with Crippen LogP contribution in [0.1, 0.15) is 13.3 Å². The molecule has 0 saturated heterocycles. The Labute approximate surface area is 110 Å². The van der Waals surface area contributed by atoms with Gasteiger partial charge in [0.25, 0.3) is 5.91 Å². The molecule has 0 saturated carbocycles. The highest BCUT2D eigenvalue weighted by molar-refractivity contribution is 5.84. The first-order valence-corrected chi connectivity index (χ1v) is 5.82. The van der Waals surface area contributed by atoms with Crippen LogP contribution >= 0.6 is 0 Å². The first kappa shape index (κ1) is 14.9. The van der Waals surface area contributed by atoms with Crippen LogP contribution in [0.15, 0.2) is 24.3 Å². The number of carbonyl (C=O) groups is 2. The molecule has 0 aromatic heterocycles. The van der Waals surface area contributed by atoms with E-state index in [1.54, 1.807) is 6.92 Å². The maximum Gasteiger partial charge on any atom is 0.326 e. The minimum Gasteiger partial charge on any atom is -0.484 e. The number of ether oxygens (including phenoxy) is 1. The average molecular weight is 269 g/mol. The van der Waals surface area contributed by atoms with Crippen molar-refractivity contribution in [3.05, 3.63) is 30.1 Å². The number of rotatable bonds is 6. The van der Waals surface area contributed by atoms with E-state index in [1.165, 1.54) is 25.2 Å². The summed E-state index contributed by atoms with van der Waals surface area (Å²) >= 11 is 0. The molecule has 1 rings (SSSR count). The molecule has 1 aromatic rings. The molecule has 1 amide bonds. The van der Waals surface area contributed by atoms with E-state index < -0.39 is 23.7 Å². The summed E-state index contributed by atoms with van der Waals surface area (Å²) in [4.78, 5) is 23.8. The predicted octanol–water partition coefficient (Wildman–Crippen LogP) is 1.53. The number of hydrogen-bond acceptors (Lipinski definition) is 3. The molecule has 0 radical (unpaired) electrons. The number of hydrogen-bond donors (Lipinski definition) is 1. The molecule has 5 nitrogen and oxygen atoms in total. The van der Waals surface area contributed by atoms with Gasteiger partial charge >= 0.3 is 5.97 Å². The summed E-state index contributed by atoms with van der Waals surface area (Å²) in [7, 11) is 1.40. The van der Waals surface area contributed by atoms with Crippen molar-refractivity contribution in [2.24, 2.45) is 0 Å².